The number of ether oxygens (including phenoxy) is 1. The molecule has 88 valence electrons. The van der Waals surface area contributed by atoms with Crippen LogP contribution in [0, 0.1) is 5.92 Å². The van der Waals surface area contributed by atoms with Crippen LogP contribution in [0.25, 0.3) is 0 Å². The number of esters is 1. The zero-order valence-corrected chi connectivity index (χ0v) is 10.0. The van der Waals surface area contributed by atoms with Crippen LogP contribution in [0.4, 0.5) is 0 Å². The van der Waals surface area contributed by atoms with Gasteiger partial charge in [-0.25, -0.2) is 0 Å². The van der Waals surface area contributed by atoms with E-state index in [1.807, 2.05) is 6.92 Å². The number of carbonyl (C=O) groups is 1. The quantitative estimate of drug-likeness (QED) is 0.757. The maximum atomic E-state index is 11.3. The fraction of sp³-hybridized carbons (Fsp3) is 0.909. The molecule has 2 atom stereocenters. The van der Waals surface area contributed by atoms with Crippen LogP contribution in [0.5, 0.6) is 0 Å². The first-order chi connectivity index (χ1) is 6.78. The van der Waals surface area contributed by atoms with Gasteiger partial charge in [-0.05, 0) is 38.5 Å². The zero-order valence-electron chi connectivity index (χ0n) is 9.20. The monoisotopic (exact) mass is 233 g/mol. The molecule has 2 fully saturated rings. The number of hydrogen-bond acceptors (Lipinski definition) is 3. The second-order valence-corrected chi connectivity index (χ2v) is 4.48. The lowest BCUT2D eigenvalue weighted by atomic mass is 9.90. The fourth-order valence-corrected chi connectivity index (χ4v) is 2.80. The van der Waals surface area contributed by atoms with Gasteiger partial charge in [0.05, 0.1) is 6.61 Å². The molecule has 0 amide bonds. The van der Waals surface area contributed by atoms with E-state index in [0.29, 0.717) is 31.0 Å². The molecule has 0 aromatic carbocycles. The largest absolute Gasteiger partial charge is 0.466 e. The highest BCUT2D eigenvalue weighted by Gasteiger charge is 2.34. The van der Waals surface area contributed by atoms with Crippen molar-refractivity contribution in [1.29, 1.82) is 0 Å². The van der Waals surface area contributed by atoms with E-state index in [1.54, 1.807) is 0 Å². The molecule has 2 rings (SSSR count). The van der Waals surface area contributed by atoms with Gasteiger partial charge in [0.2, 0.25) is 0 Å². The molecule has 2 saturated heterocycles. The molecular weight excluding hydrogens is 214 g/mol. The van der Waals surface area contributed by atoms with Gasteiger partial charge in [0.15, 0.2) is 0 Å². The highest BCUT2D eigenvalue weighted by atomic mass is 35.5. The topological polar surface area (TPSA) is 38.3 Å². The van der Waals surface area contributed by atoms with E-state index in [9.17, 15) is 4.79 Å². The summed E-state index contributed by atoms with van der Waals surface area (Å²) < 4.78 is 4.98. The molecule has 0 aliphatic carbocycles. The number of rotatable bonds is 3. The molecular formula is C11H20ClNO2. The molecule has 2 heterocycles. The van der Waals surface area contributed by atoms with Gasteiger partial charge >= 0.3 is 5.97 Å². The van der Waals surface area contributed by atoms with Crippen molar-refractivity contribution in [3.05, 3.63) is 0 Å². The minimum absolute atomic E-state index is 0. The van der Waals surface area contributed by atoms with Crippen LogP contribution in [0.3, 0.4) is 0 Å². The van der Waals surface area contributed by atoms with E-state index < -0.39 is 0 Å². The molecule has 2 unspecified atom stereocenters. The van der Waals surface area contributed by atoms with Gasteiger partial charge < -0.3 is 10.1 Å². The standard InChI is InChI=1S/C11H19NO2.ClH/c1-2-14-11(13)7-8-5-9-3-4-10(6-8)12-9;/h8-10,12H,2-7H2,1H3;1H. The molecule has 3 nitrogen and oxygen atoms in total. The summed E-state index contributed by atoms with van der Waals surface area (Å²) in [5, 5.41) is 3.57. The zero-order chi connectivity index (χ0) is 9.97. The summed E-state index contributed by atoms with van der Waals surface area (Å²) >= 11 is 0. The van der Waals surface area contributed by atoms with E-state index in [2.05, 4.69) is 5.32 Å². The summed E-state index contributed by atoms with van der Waals surface area (Å²) in [5.74, 6) is 0.548. The first-order valence-corrected chi connectivity index (χ1v) is 5.69. The third-order valence-electron chi connectivity index (χ3n) is 3.33. The van der Waals surface area contributed by atoms with Crippen molar-refractivity contribution in [3.63, 3.8) is 0 Å². The van der Waals surface area contributed by atoms with Gasteiger partial charge in [0, 0.05) is 18.5 Å². The van der Waals surface area contributed by atoms with Gasteiger partial charge in [-0.1, -0.05) is 0 Å². The Bertz CT molecular complexity index is 211. The van der Waals surface area contributed by atoms with Crippen molar-refractivity contribution in [3.8, 4) is 0 Å². The summed E-state index contributed by atoms with van der Waals surface area (Å²) in [6.07, 6.45) is 5.54. The predicted octanol–water partition coefficient (Wildman–Crippen LogP) is 1.89. The Kier molecular flexibility index (Phi) is 4.87. The number of carbonyl (C=O) groups excluding carboxylic acids is 1. The molecule has 0 aromatic rings. The van der Waals surface area contributed by atoms with Crippen molar-refractivity contribution in [2.45, 2.75) is 51.1 Å². The summed E-state index contributed by atoms with van der Waals surface area (Å²) in [4.78, 5) is 11.3. The van der Waals surface area contributed by atoms with Gasteiger partial charge in [0.1, 0.15) is 0 Å². The lowest BCUT2D eigenvalue weighted by Gasteiger charge is -2.28. The maximum Gasteiger partial charge on any atom is 0.306 e. The fourth-order valence-electron chi connectivity index (χ4n) is 2.80. The molecule has 4 heteroatoms. The average Bonchev–Trinajstić information content (AvgIpc) is 2.46. The third kappa shape index (κ3) is 3.35. The molecule has 2 aliphatic rings. The highest BCUT2D eigenvalue weighted by molar-refractivity contribution is 5.85. The number of hydrogen-bond donors (Lipinski definition) is 1. The van der Waals surface area contributed by atoms with E-state index in [0.717, 1.165) is 12.8 Å². The minimum atomic E-state index is -0.0150. The Morgan fingerprint density at radius 3 is 2.47 bits per heavy atom. The lowest BCUT2D eigenvalue weighted by Crippen LogP contribution is -2.38. The molecule has 0 saturated carbocycles. The number of nitrogens with one attached hydrogen (secondary N) is 1. The van der Waals surface area contributed by atoms with E-state index >= 15 is 0 Å². The second-order valence-electron chi connectivity index (χ2n) is 4.48. The van der Waals surface area contributed by atoms with Crippen LogP contribution < -0.4 is 5.32 Å². The van der Waals surface area contributed by atoms with Crippen molar-refractivity contribution >= 4 is 18.4 Å². The second kappa shape index (κ2) is 5.71. The van der Waals surface area contributed by atoms with Crippen LogP contribution in [0.2, 0.25) is 0 Å². The van der Waals surface area contributed by atoms with Crippen LogP contribution in [-0.4, -0.2) is 24.7 Å². The summed E-state index contributed by atoms with van der Waals surface area (Å²) in [7, 11) is 0. The van der Waals surface area contributed by atoms with Crippen LogP contribution in [0.1, 0.15) is 39.0 Å². The Hall–Kier alpha value is -0.280. The molecule has 0 spiro atoms. The first-order valence-electron chi connectivity index (χ1n) is 5.69. The lowest BCUT2D eigenvalue weighted by molar-refractivity contribution is -0.144. The Morgan fingerprint density at radius 2 is 1.93 bits per heavy atom. The molecule has 2 aliphatic heterocycles. The van der Waals surface area contributed by atoms with Crippen molar-refractivity contribution in [2.24, 2.45) is 5.92 Å². The minimum Gasteiger partial charge on any atom is -0.466 e. The smallest absolute Gasteiger partial charge is 0.306 e. The van der Waals surface area contributed by atoms with Crippen molar-refractivity contribution < 1.29 is 9.53 Å². The van der Waals surface area contributed by atoms with E-state index in [1.165, 1.54) is 12.8 Å². The molecule has 15 heavy (non-hydrogen) atoms. The van der Waals surface area contributed by atoms with Crippen LogP contribution in [0.15, 0.2) is 0 Å². The molecule has 0 aromatic heterocycles. The number of fused-ring (bicyclic) bond motifs is 2. The van der Waals surface area contributed by atoms with Gasteiger partial charge in [-0.2, -0.15) is 0 Å². The third-order valence-corrected chi connectivity index (χ3v) is 3.33. The van der Waals surface area contributed by atoms with Crippen molar-refractivity contribution in [1.82, 2.24) is 5.32 Å². The van der Waals surface area contributed by atoms with E-state index in [-0.39, 0.29) is 18.4 Å². The number of piperidine rings is 1. The predicted molar refractivity (Wildman–Crippen MR) is 61.2 cm³/mol. The summed E-state index contributed by atoms with van der Waals surface area (Å²) in [6.45, 7) is 2.38. The Labute approximate surface area is 97.4 Å². The first kappa shape index (κ1) is 12.8. The Balaban J connectivity index is 0.00000112. The van der Waals surface area contributed by atoms with Crippen LogP contribution >= 0.6 is 12.4 Å². The molecule has 2 bridgehead atoms. The van der Waals surface area contributed by atoms with Gasteiger partial charge in [0.25, 0.3) is 0 Å². The molecule has 0 radical (unpaired) electrons. The van der Waals surface area contributed by atoms with E-state index in [4.69, 9.17) is 4.74 Å². The van der Waals surface area contributed by atoms with Gasteiger partial charge in [-0.3, -0.25) is 4.79 Å². The summed E-state index contributed by atoms with van der Waals surface area (Å²) in [5.41, 5.74) is 0. The summed E-state index contributed by atoms with van der Waals surface area (Å²) in [6, 6.07) is 1.35. The maximum absolute atomic E-state index is 11.3. The van der Waals surface area contributed by atoms with Crippen molar-refractivity contribution in [2.75, 3.05) is 6.61 Å². The average molecular weight is 234 g/mol. The van der Waals surface area contributed by atoms with Crippen LogP contribution in [-0.2, 0) is 9.53 Å². The normalized spacial score (nSPS) is 33.3. The SMILES string of the molecule is CCOC(=O)CC1CC2CCC(C1)N2.Cl. The molecule has 1 N–H and O–H groups in total. The number of halogens is 1. The van der Waals surface area contributed by atoms with Gasteiger partial charge in [-0.15, -0.1) is 12.4 Å². The Morgan fingerprint density at radius 1 is 1.33 bits per heavy atom. The highest BCUT2D eigenvalue weighted by Crippen LogP contribution is 2.32.